The molecule has 1 saturated heterocycles. The predicted molar refractivity (Wildman–Crippen MR) is 82.5 cm³/mol. The highest BCUT2D eigenvalue weighted by molar-refractivity contribution is 9.10. The predicted octanol–water partition coefficient (Wildman–Crippen LogP) is 2.79. The number of aromatic nitrogens is 3. The first kappa shape index (κ1) is 14.3. The highest BCUT2D eigenvalue weighted by Crippen LogP contribution is 2.33. The molecular weight excluding hydrogens is 332 g/mol. The molecule has 6 heteroatoms. The second kappa shape index (κ2) is 6.39. The quantitative estimate of drug-likeness (QED) is 0.853. The van der Waals surface area contributed by atoms with Gasteiger partial charge in [0.05, 0.1) is 12.6 Å². The Morgan fingerprint density at radius 3 is 3.10 bits per heavy atom. The van der Waals surface area contributed by atoms with Crippen LogP contribution in [0, 0.1) is 0 Å². The van der Waals surface area contributed by atoms with Crippen molar-refractivity contribution in [3.8, 4) is 0 Å². The van der Waals surface area contributed by atoms with Crippen LogP contribution >= 0.6 is 15.9 Å². The molecule has 1 atom stereocenters. The van der Waals surface area contributed by atoms with E-state index >= 15 is 0 Å². The Kier molecular flexibility index (Phi) is 4.34. The number of carbonyl (C=O) groups is 1. The summed E-state index contributed by atoms with van der Waals surface area (Å²) in [5.74, 6) is 0.188. The van der Waals surface area contributed by atoms with Crippen molar-refractivity contribution in [2.75, 3.05) is 6.54 Å². The highest BCUT2D eigenvalue weighted by atomic mass is 79.9. The lowest BCUT2D eigenvalue weighted by molar-refractivity contribution is -0.132. The standard InChI is InChI=1S/C15H17BrN4O/c16-13-4-1-3-12(9-13)14-5-2-7-20(14)15(21)6-8-19-11-17-10-18-19/h1,3-4,9-11,14H,2,5-8H2/t14-/m1/s1. The van der Waals surface area contributed by atoms with Gasteiger partial charge in [-0.05, 0) is 30.5 Å². The number of hydrogen-bond acceptors (Lipinski definition) is 3. The van der Waals surface area contributed by atoms with Crippen LogP contribution in [0.1, 0.15) is 30.9 Å². The maximum absolute atomic E-state index is 12.5. The van der Waals surface area contributed by atoms with Crippen LogP contribution in [0.2, 0.25) is 0 Å². The van der Waals surface area contributed by atoms with Gasteiger partial charge in [-0.3, -0.25) is 9.48 Å². The van der Waals surface area contributed by atoms with E-state index < -0.39 is 0 Å². The molecule has 5 nitrogen and oxygen atoms in total. The number of amides is 1. The third-order valence-corrected chi connectivity index (χ3v) is 4.32. The first-order valence-corrected chi connectivity index (χ1v) is 7.91. The Balaban J connectivity index is 1.67. The fourth-order valence-electron chi connectivity index (χ4n) is 2.83. The zero-order valence-electron chi connectivity index (χ0n) is 11.7. The van der Waals surface area contributed by atoms with E-state index in [1.807, 2.05) is 17.0 Å². The summed E-state index contributed by atoms with van der Waals surface area (Å²) < 4.78 is 2.75. The minimum atomic E-state index is 0.188. The second-order valence-corrected chi connectivity index (χ2v) is 6.12. The molecule has 0 unspecified atom stereocenters. The molecule has 0 N–H and O–H groups in total. The maximum Gasteiger partial charge on any atom is 0.224 e. The van der Waals surface area contributed by atoms with Crippen molar-refractivity contribution in [2.24, 2.45) is 0 Å². The van der Waals surface area contributed by atoms with Gasteiger partial charge < -0.3 is 4.90 Å². The Hall–Kier alpha value is -1.69. The largest absolute Gasteiger partial charge is 0.336 e. The van der Waals surface area contributed by atoms with Gasteiger partial charge in [0.1, 0.15) is 12.7 Å². The molecule has 21 heavy (non-hydrogen) atoms. The van der Waals surface area contributed by atoms with Gasteiger partial charge in [-0.15, -0.1) is 0 Å². The molecule has 2 aromatic rings. The van der Waals surface area contributed by atoms with E-state index in [2.05, 4.69) is 38.1 Å². The molecule has 0 saturated carbocycles. The number of benzene rings is 1. The molecule has 1 fully saturated rings. The summed E-state index contributed by atoms with van der Waals surface area (Å²) in [5, 5.41) is 4.03. The lowest BCUT2D eigenvalue weighted by Gasteiger charge is -2.25. The van der Waals surface area contributed by atoms with Crippen LogP contribution in [0.3, 0.4) is 0 Å². The molecule has 0 aliphatic carbocycles. The third kappa shape index (κ3) is 3.32. The van der Waals surface area contributed by atoms with Crippen LogP contribution in [-0.4, -0.2) is 32.1 Å². The first-order valence-electron chi connectivity index (χ1n) is 7.11. The monoisotopic (exact) mass is 348 g/mol. The Morgan fingerprint density at radius 1 is 1.43 bits per heavy atom. The third-order valence-electron chi connectivity index (χ3n) is 3.83. The summed E-state index contributed by atoms with van der Waals surface area (Å²) in [6.45, 7) is 1.42. The lowest BCUT2D eigenvalue weighted by Crippen LogP contribution is -2.31. The topological polar surface area (TPSA) is 51.0 Å². The molecule has 1 aromatic heterocycles. The molecule has 1 aromatic carbocycles. The highest BCUT2D eigenvalue weighted by Gasteiger charge is 2.29. The molecule has 0 radical (unpaired) electrons. The average Bonchev–Trinajstić information content (AvgIpc) is 3.16. The summed E-state index contributed by atoms with van der Waals surface area (Å²) in [4.78, 5) is 18.4. The number of aryl methyl sites for hydroxylation is 1. The van der Waals surface area contributed by atoms with Gasteiger partial charge in [0.25, 0.3) is 0 Å². The van der Waals surface area contributed by atoms with Crippen molar-refractivity contribution in [1.29, 1.82) is 0 Å². The number of halogens is 1. The fourth-order valence-corrected chi connectivity index (χ4v) is 3.24. The summed E-state index contributed by atoms with van der Waals surface area (Å²) >= 11 is 3.50. The molecule has 1 aliphatic heterocycles. The van der Waals surface area contributed by atoms with Crippen LogP contribution in [-0.2, 0) is 11.3 Å². The van der Waals surface area contributed by atoms with Gasteiger partial charge in [0.15, 0.2) is 0 Å². The zero-order valence-corrected chi connectivity index (χ0v) is 13.2. The van der Waals surface area contributed by atoms with Crippen molar-refractivity contribution >= 4 is 21.8 Å². The van der Waals surface area contributed by atoms with E-state index in [0.717, 1.165) is 23.9 Å². The van der Waals surface area contributed by atoms with Gasteiger partial charge >= 0.3 is 0 Å². The van der Waals surface area contributed by atoms with Crippen LogP contribution < -0.4 is 0 Å². The molecule has 0 bridgehead atoms. The molecule has 1 aliphatic rings. The first-order chi connectivity index (χ1) is 10.2. The Labute approximate surface area is 132 Å². The second-order valence-electron chi connectivity index (χ2n) is 5.21. The van der Waals surface area contributed by atoms with Crippen LogP contribution in [0.4, 0.5) is 0 Å². The van der Waals surface area contributed by atoms with E-state index in [1.165, 1.54) is 11.9 Å². The number of carbonyl (C=O) groups excluding carboxylic acids is 1. The van der Waals surface area contributed by atoms with Crippen LogP contribution in [0.5, 0.6) is 0 Å². The van der Waals surface area contributed by atoms with Crippen molar-refractivity contribution < 1.29 is 4.79 Å². The molecule has 1 amide bonds. The van der Waals surface area contributed by atoms with E-state index in [1.54, 1.807) is 11.0 Å². The van der Waals surface area contributed by atoms with Gasteiger partial charge in [-0.25, -0.2) is 4.98 Å². The molecule has 3 rings (SSSR count). The summed E-state index contributed by atoms with van der Waals surface area (Å²) in [6.07, 6.45) is 5.69. The van der Waals surface area contributed by atoms with Crippen LogP contribution in [0.25, 0.3) is 0 Å². The zero-order chi connectivity index (χ0) is 14.7. The minimum Gasteiger partial charge on any atom is -0.336 e. The summed E-state index contributed by atoms with van der Waals surface area (Å²) in [5.41, 5.74) is 1.20. The van der Waals surface area contributed by atoms with Crippen LogP contribution in [0.15, 0.2) is 41.4 Å². The van der Waals surface area contributed by atoms with Gasteiger partial charge in [0.2, 0.25) is 5.91 Å². The van der Waals surface area contributed by atoms with Gasteiger partial charge in [0, 0.05) is 17.4 Å². The molecular formula is C15H17BrN4O. The summed E-state index contributed by atoms with van der Waals surface area (Å²) in [7, 11) is 0. The number of hydrogen-bond donors (Lipinski definition) is 0. The van der Waals surface area contributed by atoms with Gasteiger partial charge in [-0.1, -0.05) is 28.1 Å². The normalized spacial score (nSPS) is 18.1. The van der Waals surface area contributed by atoms with Crippen molar-refractivity contribution in [3.05, 3.63) is 47.0 Å². The van der Waals surface area contributed by atoms with E-state index in [9.17, 15) is 4.79 Å². The lowest BCUT2D eigenvalue weighted by atomic mass is 10.0. The number of rotatable bonds is 4. The van der Waals surface area contributed by atoms with Crippen molar-refractivity contribution in [2.45, 2.75) is 31.8 Å². The van der Waals surface area contributed by atoms with Gasteiger partial charge in [-0.2, -0.15) is 5.10 Å². The molecule has 110 valence electrons. The molecule has 0 spiro atoms. The number of likely N-dealkylation sites (tertiary alicyclic amines) is 1. The van der Waals surface area contributed by atoms with E-state index in [0.29, 0.717) is 13.0 Å². The van der Waals surface area contributed by atoms with E-state index in [-0.39, 0.29) is 11.9 Å². The molecule has 2 heterocycles. The Morgan fingerprint density at radius 2 is 2.33 bits per heavy atom. The number of nitrogens with zero attached hydrogens (tertiary/aromatic N) is 4. The maximum atomic E-state index is 12.5. The SMILES string of the molecule is O=C(CCn1cncn1)N1CCC[C@@H]1c1cccc(Br)c1. The fraction of sp³-hybridized carbons (Fsp3) is 0.400. The van der Waals surface area contributed by atoms with E-state index in [4.69, 9.17) is 0 Å². The average molecular weight is 349 g/mol. The smallest absolute Gasteiger partial charge is 0.224 e. The Bertz CT molecular complexity index is 614. The minimum absolute atomic E-state index is 0.188. The van der Waals surface area contributed by atoms with Crippen molar-refractivity contribution in [3.63, 3.8) is 0 Å². The summed E-state index contributed by atoms with van der Waals surface area (Å²) in [6, 6.07) is 8.43. The van der Waals surface area contributed by atoms with Crippen molar-refractivity contribution in [1.82, 2.24) is 19.7 Å².